The van der Waals surface area contributed by atoms with Gasteiger partial charge in [-0.05, 0) is 36.6 Å². The minimum atomic E-state index is -0.000177. The van der Waals surface area contributed by atoms with Gasteiger partial charge in [0.25, 0.3) is 0 Å². The summed E-state index contributed by atoms with van der Waals surface area (Å²) in [6, 6.07) is 7.85. The lowest BCUT2D eigenvalue weighted by Gasteiger charge is -2.31. The first-order valence-electron chi connectivity index (χ1n) is 8.29. The molecule has 0 atom stereocenters. The van der Waals surface area contributed by atoms with Crippen molar-refractivity contribution in [2.45, 2.75) is 13.3 Å². The van der Waals surface area contributed by atoms with Crippen LogP contribution in [0.1, 0.15) is 29.3 Å². The number of benzene rings is 1. The number of nitrogens with one attached hydrogen (secondary N) is 1. The monoisotopic (exact) mass is 333 g/mol. The molecule has 6 heteroatoms. The topological polar surface area (TPSA) is 74.3 Å². The fraction of sp³-hybridized carbons (Fsp3) is 0.263. The van der Waals surface area contributed by atoms with Crippen LogP contribution in [0.5, 0.6) is 0 Å². The first kappa shape index (κ1) is 15.5. The van der Waals surface area contributed by atoms with Gasteiger partial charge in [0, 0.05) is 31.1 Å². The highest BCUT2D eigenvalue weighted by atomic mass is 16.2. The molecule has 4 rings (SSSR count). The molecule has 1 aromatic carbocycles. The van der Waals surface area contributed by atoms with Gasteiger partial charge < -0.3 is 10.3 Å². The number of rotatable bonds is 2. The molecule has 1 amide bonds. The van der Waals surface area contributed by atoms with Crippen LogP contribution >= 0.6 is 0 Å². The van der Waals surface area contributed by atoms with Crippen LogP contribution in [0, 0.1) is 5.41 Å². The number of nitrogens with zero attached hydrogens (tertiary/aromatic N) is 4. The Bertz CT molecular complexity index is 950. The molecule has 25 heavy (non-hydrogen) atoms. The zero-order valence-corrected chi connectivity index (χ0v) is 14.3. The Morgan fingerprint density at radius 2 is 2.12 bits per heavy atom. The second-order valence-corrected chi connectivity index (χ2v) is 6.36. The average Bonchev–Trinajstić information content (AvgIpc) is 2.95. The van der Waals surface area contributed by atoms with Crippen molar-refractivity contribution in [3.05, 3.63) is 58.9 Å². The van der Waals surface area contributed by atoms with E-state index in [0.29, 0.717) is 12.3 Å². The van der Waals surface area contributed by atoms with Gasteiger partial charge in [-0.3, -0.25) is 14.5 Å². The van der Waals surface area contributed by atoms with Gasteiger partial charge in [-0.2, -0.15) is 5.10 Å². The van der Waals surface area contributed by atoms with Crippen molar-refractivity contribution in [3.8, 4) is 0 Å². The molecule has 0 unspecified atom stereocenters. The van der Waals surface area contributed by atoms with Crippen LogP contribution in [0.25, 0.3) is 5.70 Å². The molecule has 0 radical (unpaired) electrons. The zero-order valence-electron chi connectivity index (χ0n) is 14.3. The molecule has 1 N–H and O–H groups in total. The van der Waals surface area contributed by atoms with E-state index in [4.69, 9.17) is 5.41 Å². The van der Waals surface area contributed by atoms with E-state index >= 15 is 0 Å². The van der Waals surface area contributed by atoms with E-state index in [2.05, 4.69) is 10.1 Å². The lowest BCUT2D eigenvalue weighted by Crippen LogP contribution is -2.36. The number of carbonyl (C=O) groups excluding carboxylic acids is 1. The molecule has 126 valence electrons. The van der Waals surface area contributed by atoms with E-state index in [0.717, 1.165) is 40.2 Å². The number of aryl methyl sites for hydroxylation is 1. The van der Waals surface area contributed by atoms with Crippen molar-refractivity contribution in [1.29, 1.82) is 5.41 Å². The van der Waals surface area contributed by atoms with Crippen LogP contribution in [-0.4, -0.2) is 45.1 Å². The number of amides is 1. The Morgan fingerprint density at radius 3 is 2.84 bits per heavy atom. The van der Waals surface area contributed by atoms with E-state index in [1.165, 1.54) is 0 Å². The highest BCUT2D eigenvalue weighted by molar-refractivity contribution is 6.14. The van der Waals surface area contributed by atoms with Crippen molar-refractivity contribution in [3.63, 3.8) is 0 Å². The summed E-state index contributed by atoms with van der Waals surface area (Å²) in [6.45, 7) is 2.55. The van der Waals surface area contributed by atoms with Crippen molar-refractivity contribution in [2.24, 2.45) is 12.0 Å². The predicted molar refractivity (Wildman–Crippen MR) is 97.0 cm³/mol. The van der Waals surface area contributed by atoms with Crippen LogP contribution in [0.2, 0.25) is 0 Å². The standard InChI is InChI=1S/C19H19N5O/c1-12(20)13-4-3-5-15-14(13)6-9-24-18(15)10-17(21-11-19(24)25)16-7-8-23(2)22-16/h3-5,7-8,10,20H,6,9,11H2,1-2H3. The summed E-state index contributed by atoms with van der Waals surface area (Å²) in [7, 11) is 1.86. The summed E-state index contributed by atoms with van der Waals surface area (Å²) in [5.41, 5.74) is 5.97. The molecule has 3 heterocycles. The Balaban J connectivity index is 1.88. The summed E-state index contributed by atoms with van der Waals surface area (Å²) in [5.74, 6) is -0.000177. The largest absolute Gasteiger partial charge is 0.310 e. The van der Waals surface area contributed by atoms with Crippen LogP contribution in [0.15, 0.2) is 41.5 Å². The molecule has 0 bridgehead atoms. The van der Waals surface area contributed by atoms with Gasteiger partial charge in [0.1, 0.15) is 12.2 Å². The van der Waals surface area contributed by atoms with Crippen LogP contribution < -0.4 is 0 Å². The number of aliphatic imine (C=N–C) groups is 1. The normalized spacial score (nSPS) is 16.6. The maximum atomic E-state index is 12.6. The fourth-order valence-corrected chi connectivity index (χ4v) is 3.47. The van der Waals surface area contributed by atoms with Crippen LogP contribution in [0.4, 0.5) is 0 Å². The second-order valence-electron chi connectivity index (χ2n) is 6.36. The second kappa shape index (κ2) is 5.81. The first-order chi connectivity index (χ1) is 12.0. The van der Waals surface area contributed by atoms with E-state index in [1.807, 2.05) is 48.5 Å². The van der Waals surface area contributed by atoms with E-state index < -0.39 is 0 Å². The zero-order chi connectivity index (χ0) is 17.6. The summed E-state index contributed by atoms with van der Waals surface area (Å²) < 4.78 is 1.73. The molecule has 0 saturated heterocycles. The first-order valence-corrected chi connectivity index (χ1v) is 8.29. The Labute approximate surface area is 146 Å². The van der Waals surface area contributed by atoms with Crippen LogP contribution in [-0.2, 0) is 18.3 Å². The highest BCUT2D eigenvalue weighted by Crippen LogP contribution is 2.32. The summed E-state index contributed by atoms with van der Waals surface area (Å²) in [5, 5.41) is 12.4. The van der Waals surface area contributed by atoms with Crippen LogP contribution in [0.3, 0.4) is 0 Å². The molecule has 2 aliphatic rings. The molecule has 2 aromatic rings. The fourth-order valence-electron chi connectivity index (χ4n) is 3.47. The van der Waals surface area contributed by atoms with Gasteiger partial charge in [0.2, 0.25) is 5.91 Å². The van der Waals surface area contributed by atoms with Gasteiger partial charge in [-0.25, -0.2) is 0 Å². The van der Waals surface area contributed by atoms with Gasteiger partial charge >= 0.3 is 0 Å². The van der Waals surface area contributed by atoms with Gasteiger partial charge in [0.05, 0.1) is 11.4 Å². The molecule has 0 spiro atoms. The van der Waals surface area contributed by atoms with Crippen molar-refractivity contribution >= 4 is 23.0 Å². The third-order valence-corrected chi connectivity index (χ3v) is 4.67. The molecular weight excluding hydrogens is 314 g/mol. The van der Waals surface area contributed by atoms with Crippen molar-refractivity contribution in [1.82, 2.24) is 14.7 Å². The molecule has 1 aromatic heterocycles. The Hall–Kier alpha value is -3.02. The summed E-state index contributed by atoms with van der Waals surface area (Å²) in [4.78, 5) is 18.9. The van der Waals surface area contributed by atoms with Gasteiger partial charge in [-0.1, -0.05) is 18.2 Å². The number of fused-ring (bicyclic) bond motifs is 3. The molecular formula is C19H19N5O. The SMILES string of the molecule is CC(=N)c1cccc2c1CCN1C(=O)CN=C(c3ccn(C)n3)C=C21. The Morgan fingerprint density at radius 1 is 1.28 bits per heavy atom. The average molecular weight is 333 g/mol. The quantitative estimate of drug-likeness (QED) is 0.854. The number of allylic oxidation sites excluding steroid dienone is 1. The highest BCUT2D eigenvalue weighted by Gasteiger charge is 2.29. The number of hydrogen-bond donors (Lipinski definition) is 1. The predicted octanol–water partition coefficient (Wildman–Crippen LogP) is 2.04. The molecule has 0 fully saturated rings. The number of aromatic nitrogens is 2. The van der Waals surface area contributed by atoms with Crippen molar-refractivity contribution < 1.29 is 4.79 Å². The molecule has 0 saturated carbocycles. The molecule has 0 aliphatic carbocycles. The van der Waals surface area contributed by atoms with Gasteiger partial charge in [-0.15, -0.1) is 0 Å². The van der Waals surface area contributed by atoms with E-state index in [1.54, 1.807) is 11.6 Å². The smallest absolute Gasteiger partial charge is 0.248 e. The minimum absolute atomic E-state index is 0.000177. The van der Waals surface area contributed by atoms with Gasteiger partial charge in [0.15, 0.2) is 0 Å². The van der Waals surface area contributed by atoms with E-state index in [9.17, 15) is 4.79 Å². The Kier molecular flexibility index (Phi) is 3.60. The molecule has 2 aliphatic heterocycles. The number of carbonyl (C=O) groups is 1. The summed E-state index contributed by atoms with van der Waals surface area (Å²) >= 11 is 0. The third-order valence-electron chi connectivity index (χ3n) is 4.67. The third kappa shape index (κ3) is 2.59. The minimum Gasteiger partial charge on any atom is -0.310 e. The lowest BCUT2D eigenvalue weighted by molar-refractivity contribution is -0.126. The lowest BCUT2D eigenvalue weighted by atomic mass is 9.90. The van der Waals surface area contributed by atoms with E-state index in [-0.39, 0.29) is 12.5 Å². The summed E-state index contributed by atoms with van der Waals surface area (Å²) in [6.07, 6.45) is 4.57. The maximum absolute atomic E-state index is 12.6. The van der Waals surface area contributed by atoms with Crippen molar-refractivity contribution in [2.75, 3.05) is 13.1 Å². The maximum Gasteiger partial charge on any atom is 0.248 e. The number of hydrogen-bond acceptors (Lipinski definition) is 4. The molecule has 6 nitrogen and oxygen atoms in total.